The minimum Gasteiger partial charge on any atom is -0.478 e. The van der Waals surface area contributed by atoms with E-state index in [4.69, 9.17) is 16.7 Å². The lowest BCUT2D eigenvalue weighted by Gasteiger charge is -2.13. The summed E-state index contributed by atoms with van der Waals surface area (Å²) >= 11 is 5.93. The third-order valence-corrected chi connectivity index (χ3v) is 3.15. The van der Waals surface area contributed by atoms with Gasteiger partial charge in [0.1, 0.15) is 0 Å². The smallest absolute Gasteiger partial charge is 0.335 e. The van der Waals surface area contributed by atoms with Crippen LogP contribution in [0.25, 0.3) is 0 Å². The molecule has 0 saturated carbocycles. The van der Waals surface area contributed by atoms with Crippen molar-refractivity contribution in [3.05, 3.63) is 28.8 Å². The number of amides is 1. The third-order valence-electron chi connectivity index (χ3n) is 2.82. The minimum atomic E-state index is -1.06. The van der Waals surface area contributed by atoms with E-state index in [2.05, 4.69) is 17.6 Å². The number of carbonyl (C=O) groups is 2. The zero-order valence-corrected chi connectivity index (χ0v) is 12.3. The van der Waals surface area contributed by atoms with Crippen LogP contribution in [0.5, 0.6) is 0 Å². The Bertz CT molecular complexity index is 491. The van der Waals surface area contributed by atoms with Crippen LogP contribution in [0.3, 0.4) is 0 Å². The maximum atomic E-state index is 11.8. The van der Waals surface area contributed by atoms with Gasteiger partial charge < -0.3 is 15.7 Å². The van der Waals surface area contributed by atoms with Gasteiger partial charge in [0.15, 0.2) is 0 Å². The topological polar surface area (TPSA) is 78.4 Å². The number of aromatic carboxylic acids is 1. The van der Waals surface area contributed by atoms with Gasteiger partial charge in [-0.3, -0.25) is 4.79 Å². The van der Waals surface area contributed by atoms with E-state index in [0.29, 0.717) is 10.7 Å². The molecule has 0 bridgehead atoms. The summed E-state index contributed by atoms with van der Waals surface area (Å²) in [5, 5.41) is 14.9. The van der Waals surface area contributed by atoms with Crippen molar-refractivity contribution >= 4 is 29.2 Å². The van der Waals surface area contributed by atoms with Crippen molar-refractivity contribution < 1.29 is 14.7 Å². The number of nitrogens with one attached hydrogen (secondary N) is 2. The molecule has 0 fully saturated rings. The Morgan fingerprint density at radius 1 is 1.40 bits per heavy atom. The van der Waals surface area contributed by atoms with Crippen molar-refractivity contribution in [1.82, 2.24) is 5.32 Å². The molecule has 5 nitrogen and oxygen atoms in total. The number of halogens is 1. The number of carboxylic acids is 1. The molecule has 20 heavy (non-hydrogen) atoms. The van der Waals surface area contributed by atoms with Gasteiger partial charge in [-0.1, -0.05) is 24.9 Å². The highest BCUT2D eigenvalue weighted by Crippen LogP contribution is 2.22. The molecule has 1 unspecified atom stereocenters. The SMILES string of the molecule is CCCC(C)NCC(=O)Nc1cc(C(=O)O)ccc1Cl. The molecule has 0 saturated heterocycles. The zero-order valence-electron chi connectivity index (χ0n) is 11.6. The fraction of sp³-hybridized carbons (Fsp3) is 0.429. The lowest BCUT2D eigenvalue weighted by atomic mass is 10.2. The Morgan fingerprint density at radius 2 is 2.10 bits per heavy atom. The van der Waals surface area contributed by atoms with E-state index >= 15 is 0 Å². The molecule has 0 aliphatic carbocycles. The summed E-state index contributed by atoms with van der Waals surface area (Å²) < 4.78 is 0. The first kappa shape index (κ1) is 16.5. The van der Waals surface area contributed by atoms with E-state index in [9.17, 15) is 9.59 Å². The summed E-state index contributed by atoms with van der Waals surface area (Å²) in [7, 11) is 0. The van der Waals surface area contributed by atoms with Crippen molar-refractivity contribution in [2.24, 2.45) is 0 Å². The lowest BCUT2D eigenvalue weighted by molar-refractivity contribution is -0.115. The highest BCUT2D eigenvalue weighted by Gasteiger charge is 2.10. The molecule has 0 radical (unpaired) electrons. The van der Waals surface area contributed by atoms with E-state index in [-0.39, 0.29) is 24.1 Å². The number of rotatable bonds is 7. The number of anilines is 1. The molecule has 1 rings (SSSR count). The predicted octanol–water partition coefficient (Wildman–Crippen LogP) is 2.75. The summed E-state index contributed by atoms with van der Waals surface area (Å²) in [6, 6.07) is 4.44. The standard InChI is InChI=1S/C14H19ClN2O3/c1-3-4-9(2)16-8-13(18)17-12-7-10(14(19)20)5-6-11(12)15/h5-7,9,16H,3-4,8H2,1-2H3,(H,17,18)(H,19,20). The van der Waals surface area contributed by atoms with Gasteiger partial charge in [-0.05, 0) is 31.5 Å². The molecule has 6 heteroatoms. The molecule has 3 N–H and O–H groups in total. The molecule has 0 heterocycles. The predicted molar refractivity (Wildman–Crippen MR) is 79.4 cm³/mol. The minimum absolute atomic E-state index is 0.0806. The maximum Gasteiger partial charge on any atom is 0.335 e. The number of hydrogen-bond acceptors (Lipinski definition) is 3. The van der Waals surface area contributed by atoms with Gasteiger partial charge in [0.05, 0.1) is 22.8 Å². The molecule has 1 aromatic carbocycles. The van der Waals surface area contributed by atoms with Crippen molar-refractivity contribution in [2.45, 2.75) is 32.7 Å². The Morgan fingerprint density at radius 3 is 2.70 bits per heavy atom. The number of carbonyl (C=O) groups excluding carboxylic acids is 1. The van der Waals surface area contributed by atoms with Gasteiger partial charge in [-0.15, -0.1) is 0 Å². The average molecular weight is 299 g/mol. The molecular weight excluding hydrogens is 280 g/mol. The first-order valence-electron chi connectivity index (χ1n) is 6.50. The van der Waals surface area contributed by atoms with Gasteiger partial charge in [-0.25, -0.2) is 4.79 Å². The maximum absolute atomic E-state index is 11.8. The molecule has 0 spiro atoms. The van der Waals surface area contributed by atoms with Gasteiger partial charge >= 0.3 is 5.97 Å². The molecule has 110 valence electrons. The third kappa shape index (κ3) is 5.19. The highest BCUT2D eigenvalue weighted by molar-refractivity contribution is 6.33. The highest BCUT2D eigenvalue weighted by atomic mass is 35.5. The van der Waals surface area contributed by atoms with Gasteiger partial charge in [0.25, 0.3) is 0 Å². The quantitative estimate of drug-likeness (QED) is 0.723. The lowest BCUT2D eigenvalue weighted by Crippen LogP contribution is -2.34. The molecule has 1 amide bonds. The van der Waals surface area contributed by atoms with Gasteiger partial charge in [0, 0.05) is 6.04 Å². The van der Waals surface area contributed by atoms with E-state index in [1.165, 1.54) is 18.2 Å². The molecular formula is C14H19ClN2O3. The summed E-state index contributed by atoms with van der Waals surface area (Å²) in [4.78, 5) is 22.6. The second kappa shape index (κ2) is 7.87. The molecule has 1 aromatic rings. The zero-order chi connectivity index (χ0) is 15.1. The van der Waals surface area contributed by atoms with Gasteiger partial charge in [0.2, 0.25) is 5.91 Å². The van der Waals surface area contributed by atoms with Crippen LogP contribution in [-0.4, -0.2) is 29.6 Å². The molecule has 0 aliphatic heterocycles. The fourth-order valence-corrected chi connectivity index (χ4v) is 1.92. The Kier molecular flexibility index (Phi) is 6.48. The number of benzene rings is 1. The van der Waals surface area contributed by atoms with Crippen molar-refractivity contribution in [2.75, 3.05) is 11.9 Å². The van der Waals surface area contributed by atoms with Gasteiger partial charge in [-0.2, -0.15) is 0 Å². The van der Waals surface area contributed by atoms with Crippen molar-refractivity contribution in [3.8, 4) is 0 Å². The van der Waals surface area contributed by atoms with Crippen LogP contribution < -0.4 is 10.6 Å². The van der Waals surface area contributed by atoms with Crippen LogP contribution in [0.2, 0.25) is 5.02 Å². The molecule has 0 aliphatic rings. The number of carboxylic acid groups (broad SMARTS) is 1. The van der Waals surface area contributed by atoms with E-state index < -0.39 is 5.97 Å². The van der Waals surface area contributed by atoms with Crippen LogP contribution in [-0.2, 0) is 4.79 Å². The Balaban J connectivity index is 2.61. The van der Waals surface area contributed by atoms with E-state index in [0.717, 1.165) is 12.8 Å². The van der Waals surface area contributed by atoms with Crippen LogP contribution in [0.4, 0.5) is 5.69 Å². The number of hydrogen-bond donors (Lipinski definition) is 3. The summed E-state index contributed by atoms with van der Waals surface area (Å²) in [5.74, 6) is -1.32. The van der Waals surface area contributed by atoms with Crippen molar-refractivity contribution in [3.63, 3.8) is 0 Å². The van der Waals surface area contributed by atoms with Crippen LogP contribution in [0, 0.1) is 0 Å². The van der Waals surface area contributed by atoms with Crippen LogP contribution in [0.15, 0.2) is 18.2 Å². The van der Waals surface area contributed by atoms with Crippen LogP contribution >= 0.6 is 11.6 Å². The van der Waals surface area contributed by atoms with E-state index in [1.807, 2.05) is 6.92 Å². The second-order valence-corrected chi connectivity index (χ2v) is 5.03. The van der Waals surface area contributed by atoms with Crippen LogP contribution in [0.1, 0.15) is 37.0 Å². The Hall–Kier alpha value is -1.59. The first-order chi connectivity index (χ1) is 9.43. The molecule has 1 atom stereocenters. The average Bonchev–Trinajstić information content (AvgIpc) is 2.39. The summed E-state index contributed by atoms with van der Waals surface area (Å²) in [6.45, 7) is 4.25. The largest absolute Gasteiger partial charge is 0.478 e. The summed E-state index contributed by atoms with van der Waals surface area (Å²) in [5.41, 5.74) is 0.388. The first-order valence-corrected chi connectivity index (χ1v) is 6.88. The molecule has 0 aromatic heterocycles. The summed E-state index contributed by atoms with van der Waals surface area (Å²) in [6.07, 6.45) is 2.03. The second-order valence-electron chi connectivity index (χ2n) is 4.62. The fourth-order valence-electron chi connectivity index (χ4n) is 1.75. The van der Waals surface area contributed by atoms with E-state index in [1.54, 1.807) is 0 Å². The Labute approximate surface area is 123 Å². The van der Waals surface area contributed by atoms with Crippen molar-refractivity contribution in [1.29, 1.82) is 0 Å². The normalized spacial score (nSPS) is 11.9. The monoisotopic (exact) mass is 298 g/mol.